The van der Waals surface area contributed by atoms with Gasteiger partial charge >= 0.3 is 0 Å². The third kappa shape index (κ3) is 4.94. The Hall–Kier alpha value is -3.67. The van der Waals surface area contributed by atoms with Crippen LogP contribution in [0.1, 0.15) is 32.7 Å². The van der Waals surface area contributed by atoms with Crippen molar-refractivity contribution in [1.82, 2.24) is 10.3 Å². The number of nitrogen functional groups attached to an aromatic ring is 1. The smallest absolute Gasteiger partial charge is 0.251 e. The van der Waals surface area contributed by atoms with Gasteiger partial charge in [-0.15, -0.1) is 0 Å². The first kappa shape index (κ1) is 19.1. The first-order chi connectivity index (χ1) is 13.5. The molecule has 0 saturated heterocycles. The Labute approximate surface area is 163 Å². The minimum Gasteiger partial charge on any atom is -0.487 e. The highest BCUT2D eigenvalue weighted by Gasteiger charge is 2.11. The summed E-state index contributed by atoms with van der Waals surface area (Å²) in [6.07, 6.45) is 1.70. The molecule has 3 aromatic rings. The number of aryl methyl sites for hydroxylation is 1. The van der Waals surface area contributed by atoms with E-state index < -0.39 is 0 Å². The Morgan fingerprint density at radius 1 is 1.11 bits per heavy atom. The van der Waals surface area contributed by atoms with Crippen molar-refractivity contribution in [2.45, 2.75) is 20.1 Å². The number of hydrogen-bond acceptors (Lipinski definition) is 4. The number of aromatic nitrogens is 1. The van der Waals surface area contributed by atoms with E-state index >= 15 is 0 Å². The van der Waals surface area contributed by atoms with E-state index in [1.54, 1.807) is 30.5 Å². The topological polar surface area (TPSA) is 101 Å². The summed E-state index contributed by atoms with van der Waals surface area (Å²) < 4.78 is 5.91. The van der Waals surface area contributed by atoms with E-state index in [4.69, 9.17) is 15.9 Å². The number of benzene rings is 2. The average molecular weight is 374 g/mol. The molecular formula is C22H22N4O2. The first-order valence-corrected chi connectivity index (χ1v) is 8.88. The van der Waals surface area contributed by atoms with Crippen molar-refractivity contribution < 1.29 is 9.53 Å². The van der Waals surface area contributed by atoms with Crippen LogP contribution in [0.3, 0.4) is 0 Å². The fourth-order valence-electron chi connectivity index (χ4n) is 2.70. The molecule has 1 amide bonds. The highest BCUT2D eigenvalue weighted by Crippen LogP contribution is 2.22. The van der Waals surface area contributed by atoms with Crippen LogP contribution >= 0.6 is 0 Å². The maximum absolute atomic E-state index is 12.4. The molecular weight excluding hydrogens is 352 g/mol. The van der Waals surface area contributed by atoms with Crippen molar-refractivity contribution in [2.75, 3.05) is 0 Å². The number of ether oxygens (including phenoxy) is 1. The lowest BCUT2D eigenvalue weighted by Crippen LogP contribution is -2.23. The van der Waals surface area contributed by atoms with Gasteiger partial charge in [-0.3, -0.25) is 15.2 Å². The predicted octanol–water partition coefficient (Wildman–Crippen LogP) is 3.18. The van der Waals surface area contributed by atoms with Crippen LogP contribution in [0.4, 0.5) is 0 Å². The molecule has 28 heavy (non-hydrogen) atoms. The molecule has 0 unspecified atom stereocenters. The number of nitrogens with two attached hydrogens (primary N) is 1. The van der Waals surface area contributed by atoms with Crippen molar-refractivity contribution in [3.63, 3.8) is 0 Å². The Kier molecular flexibility index (Phi) is 6.01. The fraction of sp³-hybridized carbons (Fsp3) is 0.136. The molecule has 6 nitrogen and oxygen atoms in total. The van der Waals surface area contributed by atoms with Gasteiger partial charge in [-0.1, -0.05) is 35.9 Å². The minimum atomic E-state index is -0.157. The fourth-order valence-corrected chi connectivity index (χ4v) is 2.70. The summed E-state index contributed by atoms with van der Waals surface area (Å²) in [5.74, 6) is 0.357. The largest absolute Gasteiger partial charge is 0.487 e. The van der Waals surface area contributed by atoms with Crippen molar-refractivity contribution >= 4 is 11.7 Å². The van der Waals surface area contributed by atoms with Gasteiger partial charge in [0.1, 0.15) is 18.2 Å². The Morgan fingerprint density at radius 2 is 1.96 bits per heavy atom. The summed E-state index contributed by atoms with van der Waals surface area (Å²) in [6, 6.07) is 18.3. The molecule has 2 aromatic carbocycles. The van der Waals surface area contributed by atoms with E-state index in [2.05, 4.69) is 10.3 Å². The zero-order chi connectivity index (χ0) is 19.9. The van der Waals surface area contributed by atoms with Gasteiger partial charge in [0, 0.05) is 29.4 Å². The molecule has 4 N–H and O–H groups in total. The van der Waals surface area contributed by atoms with Crippen molar-refractivity contribution in [3.05, 3.63) is 94.8 Å². The number of nitrogens with one attached hydrogen (secondary N) is 2. The molecule has 3 rings (SSSR count). The number of carbonyl (C=O) groups is 1. The van der Waals surface area contributed by atoms with Gasteiger partial charge in [0.15, 0.2) is 0 Å². The lowest BCUT2D eigenvalue weighted by molar-refractivity contribution is 0.0950. The number of amides is 1. The van der Waals surface area contributed by atoms with Gasteiger partial charge in [-0.2, -0.15) is 0 Å². The van der Waals surface area contributed by atoms with E-state index in [0.717, 1.165) is 16.8 Å². The first-order valence-electron chi connectivity index (χ1n) is 8.88. The summed E-state index contributed by atoms with van der Waals surface area (Å²) in [6.45, 7) is 2.52. The van der Waals surface area contributed by atoms with E-state index in [1.807, 2.05) is 43.3 Å². The summed E-state index contributed by atoms with van der Waals surface area (Å²) in [5, 5.41) is 10.6. The highest BCUT2D eigenvalue weighted by molar-refractivity contribution is 5.95. The highest BCUT2D eigenvalue weighted by atomic mass is 16.5. The van der Waals surface area contributed by atoms with Crippen LogP contribution in [-0.4, -0.2) is 16.7 Å². The molecule has 0 atom stereocenters. The summed E-state index contributed by atoms with van der Waals surface area (Å²) in [5.41, 5.74) is 9.37. The molecule has 0 aliphatic heterocycles. The second kappa shape index (κ2) is 8.81. The number of carbonyl (C=O) groups excluding carboxylic acids is 1. The molecule has 0 fully saturated rings. The van der Waals surface area contributed by atoms with Gasteiger partial charge in [0.2, 0.25) is 0 Å². The van der Waals surface area contributed by atoms with Crippen molar-refractivity contribution in [3.8, 4) is 5.75 Å². The molecule has 0 spiro atoms. The lowest BCUT2D eigenvalue weighted by Gasteiger charge is -2.14. The van der Waals surface area contributed by atoms with Crippen LogP contribution in [0.2, 0.25) is 0 Å². The second-order valence-corrected chi connectivity index (χ2v) is 6.40. The number of nitrogens with zero attached hydrogens (tertiary/aromatic N) is 1. The molecule has 0 radical (unpaired) electrons. The molecule has 0 bridgehead atoms. The number of pyridine rings is 1. The van der Waals surface area contributed by atoms with Crippen LogP contribution in [0, 0.1) is 12.3 Å². The maximum Gasteiger partial charge on any atom is 0.251 e. The number of amidine groups is 1. The van der Waals surface area contributed by atoms with Crippen molar-refractivity contribution in [2.24, 2.45) is 5.73 Å². The zero-order valence-electron chi connectivity index (χ0n) is 15.6. The van der Waals surface area contributed by atoms with Crippen LogP contribution in [-0.2, 0) is 13.2 Å². The molecule has 6 heteroatoms. The molecule has 0 aliphatic carbocycles. The molecule has 1 aromatic heterocycles. The average Bonchev–Trinajstić information content (AvgIpc) is 2.71. The van der Waals surface area contributed by atoms with Crippen LogP contribution in [0.25, 0.3) is 0 Å². The van der Waals surface area contributed by atoms with Crippen LogP contribution in [0.5, 0.6) is 5.75 Å². The third-order valence-corrected chi connectivity index (χ3v) is 4.20. The maximum atomic E-state index is 12.4. The van der Waals surface area contributed by atoms with E-state index in [0.29, 0.717) is 23.4 Å². The molecule has 0 aliphatic rings. The summed E-state index contributed by atoms with van der Waals surface area (Å²) >= 11 is 0. The van der Waals surface area contributed by atoms with E-state index in [9.17, 15) is 4.79 Å². The molecule has 142 valence electrons. The van der Waals surface area contributed by atoms with Gasteiger partial charge in [0.25, 0.3) is 5.91 Å². The Bertz CT molecular complexity index is 987. The molecule has 1 heterocycles. The van der Waals surface area contributed by atoms with Crippen LogP contribution in [0.15, 0.2) is 66.9 Å². The third-order valence-electron chi connectivity index (χ3n) is 4.20. The zero-order valence-corrected chi connectivity index (χ0v) is 15.6. The monoisotopic (exact) mass is 374 g/mol. The number of hydrogen-bond donors (Lipinski definition) is 3. The van der Waals surface area contributed by atoms with Gasteiger partial charge in [-0.05, 0) is 37.3 Å². The minimum absolute atomic E-state index is 0.0435. The quantitative estimate of drug-likeness (QED) is 0.437. The Balaban J connectivity index is 1.75. The van der Waals surface area contributed by atoms with Gasteiger partial charge in [0.05, 0.1) is 5.69 Å². The SMILES string of the molecule is Cc1cccc(C(=O)NCc2ccc(C(=N)N)cc2OCc2ccccn2)c1. The van der Waals surface area contributed by atoms with Gasteiger partial charge in [-0.25, -0.2) is 0 Å². The lowest BCUT2D eigenvalue weighted by atomic mass is 10.1. The Morgan fingerprint density at radius 3 is 2.68 bits per heavy atom. The van der Waals surface area contributed by atoms with Gasteiger partial charge < -0.3 is 15.8 Å². The van der Waals surface area contributed by atoms with Crippen molar-refractivity contribution in [1.29, 1.82) is 5.41 Å². The number of rotatable bonds is 7. The second-order valence-electron chi connectivity index (χ2n) is 6.40. The molecule has 0 saturated carbocycles. The van der Waals surface area contributed by atoms with E-state index in [-0.39, 0.29) is 18.3 Å². The predicted molar refractivity (Wildman–Crippen MR) is 108 cm³/mol. The summed E-state index contributed by atoms with van der Waals surface area (Å²) in [4.78, 5) is 16.7. The normalized spacial score (nSPS) is 10.3. The van der Waals surface area contributed by atoms with E-state index in [1.165, 1.54) is 0 Å². The van der Waals surface area contributed by atoms with Crippen LogP contribution < -0.4 is 15.8 Å². The summed E-state index contributed by atoms with van der Waals surface area (Å²) in [7, 11) is 0. The standard InChI is InChI=1S/C22H22N4O2/c1-15-5-4-6-17(11-15)22(27)26-13-18-9-8-16(21(23)24)12-20(18)28-14-19-7-2-3-10-25-19/h2-12H,13-14H2,1H3,(H3,23,24)(H,26,27).